The lowest BCUT2D eigenvalue weighted by Gasteiger charge is -2.43. The van der Waals surface area contributed by atoms with Crippen LogP contribution in [0, 0.1) is 0 Å². The molecule has 170 valence electrons. The summed E-state index contributed by atoms with van der Waals surface area (Å²) in [5, 5.41) is 2.50. The van der Waals surface area contributed by atoms with E-state index in [1.807, 2.05) is 0 Å². The molecule has 3 amide bonds. The second kappa shape index (κ2) is 8.74. The van der Waals surface area contributed by atoms with Gasteiger partial charge >= 0.3 is 12.2 Å². The maximum Gasteiger partial charge on any atom is 0.417 e. The van der Waals surface area contributed by atoms with E-state index in [0.29, 0.717) is 45.4 Å². The van der Waals surface area contributed by atoms with Crippen molar-refractivity contribution < 1.29 is 32.2 Å². The van der Waals surface area contributed by atoms with Gasteiger partial charge in [-0.25, -0.2) is 4.79 Å². The fourth-order valence-corrected chi connectivity index (χ4v) is 4.45. The molecular formula is C20H23ClF3N3O4. The summed E-state index contributed by atoms with van der Waals surface area (Å²) in [5.41, 5.74) is -0.929. The molecule has 3 aliphatic heterocycles. The molecule has 1 N–H and O–H groups in total. The highest BCUT2D eigenvalue weighted by atomic mass is 35.5. The Hall–Kier alpha value is -2.20. The Morgan fingerprint density at radius 1 is 1.16 bits per heavy atom. The first-order chi connectivity index (χ1) is 14.7. The number of halogens is 4. The molecule has 2 atom stereocenters. The van der Waals surface area contributed by atoms with Gasteiger partial charge in [-0.05, 0) is 24.6 Å². The number of nitrogens with zero attached hydrogens (tertiary/aromatic N) is 2. The average Bonchev–Trinajstić information content (AvgIpc) is 2.74. The summed E-state index contributed by atoms with van der Waals surface area (Å²) in [6.45, 7) is 1.89. The summed E-state index contributed by atoms with van der Waals surface area (Å²) in [4.78, 5) is 27.9. The third-order valence-electron chi connectivity index (χ3n) is 5.85. The molecule has 3 aliphatic rings. The highest BCUT2D eigenvalue weighted by Crippen LogP contribution is 2.37. The molecule has 7 nitrogen and oxygen atoms in total. The Morgan fingerprint density at radius 2 is 1.87 bits per heavy atom. The summed E-state index contributed by atoms with van der Waals surface area (Å²) in [5.74, 6) is -0.0685. The highest BCUT2D eigenvalue weighted by molar-refractivity contribution is 6.31. The number of nitrogens with one attached hydrogen (secondary N) is 1. The number of rotatable bonds is 2. The number of piperidine rings is 2. The van der Waals surface area contributed by atoms with Crippen molar-refractivity contribution in [2.45, 2.75) is 43.7 Å². The van der Waals surface area contributed by atoms with Gasteiger partial charge in [0.05, 0.1) is 22.7 Å². The van der Waals surface area contributed by atoms with Gasteiger partial charge in [0.2, 0.25) is 5.91 Å². The first-order valence-corrected chi connectivity index (χ1v) is 10.6. The van der Waals surface area contributed by atoms with Gasteiger partial charge in [-0.3, -0.25) is 4.79 Å². The van der Waals surface area contributed by atoms with E-state index in [1.165, 1.54) is 12.1 Å². The third-order valence-corrected chi connectivity index (χ3v) is 6.18. The van der Waals surface area contributed by atoms with Gasteiger partial charge in [0, 0.05) is 39.0 Å². The molecule has 0 aromatic heterocycles. The Morgan fingerprint density at radius 3 is 2.58 bits per heavy atom. The van der Waals surface area contributed by atoms with Gasteiger partial charge in [-0.15, -0.1) is 0 Å². The summed E-state index contributed by atoms with van der Waals surface area (Å²) < 4.78 is 50.3. The fraction of sp³-hybridized carbons (Fsp3) is 0.600. The van der Waals surface area contributed by atoms with E-state index in [4.69, 9.17) is 21.1 Å². The zero-order chi connectivity index (χ0) is 22.2. The van der Waals surface area contributed by atoms with E-state index in [0.717, 1.165) is 6.07 Å². The number of amides is 3. The maximum absolute atomic E-state index is 13.0. The molecular weight excluding hydrogens is 439 g/mol. The van der Waals surface area contributed by atoms with E-state index < -0.39 is 11.7 Å². The molecule has 3 saturated heterocycles. The minimum absolute atomic E-state index is 0.0563. The van der Waals surface area contributed by atoms with Crippen molar-refractivity contribution >= 4 is 23.5 Å². The number of benzene rings is 1. The summed E-state index contributed by atoms with van der Waals surface area (Å²) in [7, 11) is 0. The van der Waals surface area contributed by atoms with Crippen LogP contribution in [0.15, 0.2) is 18.2 Å². The molecule has 1 aromatic carbocycles. The van der Waals surface area contributed by atoms with Gasteiger partial charge in [0.15, 0.2) is 0 Å². The second-order valence-corrected chi connectivity index (χ2v) is 8.39. The first-order valence-electron chi connectivity index (χ1n) is 10.2. The molecule has 0 unspecified atom stereocenters. The van der Waals surface area contributed by atoms with Crippen molar-refractivity contribution in [2.75, 3.05) is 32.8 Å². The second-order valence-electron chi connectivity index (χ2n) is 7.98. The smallest absolute Gasteiger partial charge is 0.417 e. The molecule has 31 heavy (non-hydrogen) atoms. The number of alkyl halides is 3. The van der Waals surface area contributed by atoms with E-state index in [-0.39, 0.29) is 47.6 Å². The van der Waals surface area contributed by atoms with E-state index in [1.54, 1.807) is 9.80 Å². The number of urea groups is 1. The zero-order valence-electron chi connectivity index (χ0n) is 16.7. The largest absolute Gasteiger partial charge is 0.490 e. The van der Waals surface area contributed by atoms with Crippen LogP contribution in [0.3, 0.4) is 0 Å². The Labute approximate surface area is 182 Å². The van der Waals surface area contributed by atoms with Crippen LogP contribution >= 0.6 is 11.6 Å². The van der Waals surface area contributed by atoms with Crippen LogP contribution in [0.2, 0.25) is 5.02 Å². The van der Waals surface area contributed by atoms with Crippen molar-refractivity contribution in [3.05, 3.63) is 28.8 Å². The van der Waals surface area contributed by atoms with Crippen molar-refractivity contribution in [3.8, 4) is 5.75 Å². The Bertz CT molecular complexity index is 845. The molecule has 3 heterocycles. The lowest BCUT2D eigenvalue weighted by atomic mass is 10.0. The van der Waals surface area contributed by atoms with Crippen LogP contribution in [-0.2, 0) is 15.7 Å². The molecule has 0 aliphatic carbocycles. The lowest BCUT2D eigenvalue weighted by molar-refractivity contribution is -0.139. The number of fused-ring (bicyclic) bond motifs is 1. The zero-order valence-corrected chi connectivity index (χ0v) is 17.4. The number of morpholine rings is 1. The quantitative estimate of drug-likeness (QED) is 0.735. The SMILES string of the molecule is O=C1CO[C@H]2CCN(C(=O)N3CCC(Oc4ccc(Cl)c(C(F)(F)F)c4)CC3)C[C@H]2N1. The molecule has 0 saturated carbocycles. The Kier molecular flexibility index (Phi) is 6.20. The van der Waals surface area contributed by atoms with Gasteiger partial charge in [0.1, 0.15) is 18.5 Å². The van der Waals surface area contributed by atoms with E-state index >= 15 is 0 Å². The average molecular weight is 462 g/mol. The molecule has 11 heteroatoms. The normalized spacial score (nSPS) is 25.1. The van der Waals surface area contributed by atoms with Crippen molar-refractivity contribution in [2.24, 2.45) is 0 Å². The molecule has 3 fully saturated rings. The molecule has 4 rings (SSSR count). The monoisotopic (exact) mass is 461 g/mol. The predicted molar refractivity (Wildman–Crippen MR) is 105 cm³/mol. The van der Waals surface area contributed by atoms with Crippen molar-refractivity contribution in [1.82, 2.24) is 15.1 Å². The summed E-state index contributed by atoms with van der Waals surface area (Å²) >= 11 is 5.65. The molecule has 0 spiro atoms. The highest BCUT2D eigenvalue weighted by Gasteiger charge is 2.38. The summed E-state index contributed by atoms with van der Waals surface area (Å²) in [6.07, 6.45) is -3.23. The third kappa shape index (κ3) is 5.01. The van der Waals surface area contributed by atoms with Crippen molar-refractivity contribution in [3.63, 3.8) is 0 Å². The van der Waals surface area contributed by atoms with E-state index in [9.17, 15) is 22.8 Å². The van der Waals surface area contributed by atoms with Gasteiger partial charge in [-0.1, -0.05) is 11.6 Å². The minimum atomic E-state index is -4.55. The minimum Gasteiger partial charge on any atom is -0.490 e. The van der Waals surface area contributed by atoms with Crippen LogP contribution in [0.5, 0.6) is 5.75 Å². The van der Waals surface area contributed by atoms with Crippen LogP contribution in [-0.4, -0.2) is 72.8 Å². The first kappa shape index (κ1) is 22.0. The molecule has 1 aromatic rings. The van der Waals surface area contributed by atoms with Crippen LogP contribution < -0.4 is 10.1 Å². The topological polar surface area (TPSA) is 71.1 Å². The van der Waals surface area contributed by atoms with Crippen LogP contribution in [0.4, 0.5) is 18.0 Å². The van der Waals surface area contributed by atoms with Crippen LogP contribution in [0.1, 0.15) is 24.8 Å². The predicted octanol–water partition coefficient (Wildman–Crippen LogP) is 2.91. The lowest BCUT2D eigenvalue weighted by Crippen LogP contribution is -2.62. The summed E-state index contributed by atoms with van der Waals surface area (Å²) in [6, 6.07) is 3.19. The van der Waals surface area contributed by atoms with Gasteiger partial charge in [-0.2, -0.15) is 13.2 Å². The van der Waals surface area contributed by atoms with Crippen molar-refractivity contribution in [1.29, 1.82) is 0 Å². The maximum atomic E-state index is 13.0. The number of likely N-dealkylation sites (tertiary alicyclic amines) is 2. The molecule has 0 bridgehead atoms. The fourth-order valence-electron chi connectivity index (χ4n) is 4.23. The number of ether oxygens (including phenoxy) is 2. The number of carbonyl (C=O) groups excluding carboxylic acids is 2. The van der Waals surface area contributed by atoms with E-state index in [2.05, 4.69) is 5.32 Å². The number of carbonyl (C=O) groups is 2. The number of hydrogen-bond donors (Lipinski definition) is 1. The molecule has 0 radical (unpaired) electrons. The standard InChI is InChI=1S/C20H23ClF3N3O4/c21-15-2-1-13(9-14(15)20(22,23)24)31-12-3-6-26(7-4-12)19(29)27-8-5-17-16(10-27)25-18(28)11-30-17/h1-2,9,12,16-17H,3-8,10-11H2,(H,25,28)/t16-,17+/m1/s1. The van der Waals surface area contributed by atoms with Gasteiger partial charge < -0.3 is 24.6 Å². The van der Waals surface area contributed by atoms with Gasteiger partial charge in [0.25, 0.3) is 0 Å². The number of hydrogen-bond acceptors (Lipinski definition) is 4. The van der Waals surface area contributed by atoms with Crippen LogP contribution in [0.25, 0.3) is 0 Å². The Balaban J connectivity index is 1.30.